The van der Waals surface area contributed by atoms with Crippen molar-refractivity contribution >= 4 is 5.91 Å². The number of carbonyl (C=O) groups is 1. The fraction of sp³-hybridized carbons (Fsp3) is 0.412. The molecule has 1 aromatic rings. The van der Waals surface area contributed by atoms with Crippen LogP contribution in [0.25, 0.3) is 0 Å². The minimum absolute atomic E-state index is 0.0572. The lowest BCUT2D eigenvalue weighted by molar-refractivity contribution is 0.0963. The Morgan fingerprint density at radius 3 is 2.80 bits per heavy atom. The van der Waals surface area contributed by atoms with E-state index in [9.17, 15) is 4.79 Å². The molecule has 106 valence electrons. The van der Waals surface area contributed by atoms with Gasteiger partial charge in [-0.3, -0.25) is 14.4 Å². The van der Waals surface area contributed by atoms with E-state index in [1.807, 2.05) is 37.3 Å². The third-order valence-electron chi connectivity index (χ3n) is 3.51. The summed E-state index contributed by atoms with van der Waals surface area (Å²) in [5.74, 6) is -0.0572. The van der Waals surface area contributed by atoms with Gasteiger partial charge in [0.25, 0.3) is 5.91 Å². The van der Waals surface area contributed by atoms with Gasteiger partial charge in [0, 0.05) is 12.3 Å². The van der Waals surface area contributed by atoms with Gasteiger partial charge in [-0.15, -0.1) is 0 Å². The van der Waals surface area contributed by atoms with Crippen LogP contribution in [0.5, 0.6) is 0 Å². The van der Waals surface area contributed by atoms with Gasteiger partial charge < -0.3 is 0 Å². The smallest absolute Gasteiger partial charge is 0.256 e. The molecule has 0 amide bonds. The van der Waals surface area contributed by atoms with Crippen LogP contribution in [0.2, 0.25) is 0 Å². The van der Waals surface area contributed by atoms with Crippen molar-refractivity contribution in [1.29, 1.82) is 0 Å². The van der Waals surface area contributed by atoms with Gasteiger partial charge in [-0.25, -0.2) is 0 Å². The first-order chi connectivity index (χ1) is 9.81. The molecule has 1 fully saturated rings. The summed E-state index contributed by atoms with van der Waals surface area (Å²) in [7, 11) is 0. The number of nitrogens with zero attached hydrogens (tertiary/aromatic N) is 2. The summed E-state index contributed by atoms with van der Waals surface area (Å²) in [4.78, 5) is 16.9. The highest BCUT2D eigenvalue weighted by Gasteiger charge is 2.12. The van der Waals surface area contributed by atoms with E-state index < -0.39 is 0 Å². The van der Waals surface area contributed by atoms with Crippen molar-refractivity contribution < 1.29 is 4.79 Å². The molecule has 0 bridgehead atoms. The number of allylic oxidation sites excluding steroid dienone is 4. The van der Waals surface area contributed by atoms with Crippen molar-refractivity contribution in [2.75, 3.05) is 0 Å². The molecular formula is C17H22N2O. The van der Waals surface area contributed by atoms with E-state index in [-0.39, 0.29) is 5.91 Å². The summed E-state index contributed by atoms with van der Waals surface area (Å²) in [5, 5.41) is 0. The summed E-state index contributed by atoms with van der Waals surface area (Å²) >= 11 is 0. The first-order valence-electron chi connectivity index (χ1n) is 7.36. The lowest BCUT2D eigenvalue weighted by Gasteiger charge is -2.17. The average Bonchev–Trinajstić information content (AvgIpc) is 2.49. The van der Waals surface area contributed by atoms with Gasteiger partial charge in [-0.05, 0) is 31.9 Å². The largest absolute Gasteiger partial charge is 0.269 e. The maximum Gasteiger partial charge on any atom is 0.256 e. The van der Waals surface area contributed by atoms with Crippen molar-refractivity contribution in [3.8, 4) is 0 Å². The standard InChI is InChI=1S/C17H22N2O/c1-2-3-5-13-17(20)19-14-9-8-12-16(19)18-15-10-6-4-7-11-15/h2-3,5,8-9,12-15H,4,6-7,10-11H2,1H3. The van der Waals surface area contributed by atoms with Gasteiger partial charge in [-0.1, -0.05) is 43.6 Å². The van der Waals surface area contributed by atoms with Gasteiger partial charge in [0.05, 0.1) is 6.04 Å². The van der Waals surface area contributed by atoms with Crippen LogP contribution in [0, 0.1) is 0 Å². The number of aromatic nitrogens is 1. The first-order valence-corrected chi connectivity index (χ1v) is 7.36. The summed E-state index contributed by atoms with van der Waals surface area (Å²) in [6, 6.07) is 6.07. The molecule has 2 rings (SSSR count). The first kappa shape index (κ1) is 14.5. The average molecular weight is 270 g/mol. The van der Waals surface area contributed by atoms with E-state index in [0.29, 0.717) is 6.04 Å². The maximum atomic E-state index is 12.2. The molecule has 0 aromatic carbocycles. The molecular weight excluding hydrogens is 248 g/mol. The topological polar surface area (TPSA) is 34.4 Å². The molecule has 3 nitrogen and oxygen atoms in total. The van der Waals surface area contributed by atoms with Crippen LogP contribution in [0.1, 0.15) is 43.8 Å². The molecule has 0 radical (unpaired) electrons. The summed E-state index contributed by atoms with van der Waals surface area (Å²) in [5.41, 5.74) is 0.759. The molecule has 0 atom stereocenters. The second-order valence-corrected chi connectivity index (χ2v) is 5.07. The highest BCUT2D eigenvalue weighted by Crippen LogP contribution is 2.19. The Labute approximate surface area is 120 Å². The van der Waals surface area contributed by atoms with Crippen LogP contribution in [0.4, 0.5) is 0 Å². The van der Waals surface area contributed by atoms with Gasteiger partial charge >= 0.3 is 0 Å². The minimum atomic E-state index is -0.0572. The molecule has 20 heavy (non-hydrogen) atoms. The van der Waals surface area contributed by atoms with Crippen LogP contribution in [0.15, 0.2) is 53.7 Å². The predicted octanol–water partition coefficient (Wildman–Crippen LogP) is 3.49. The van der Waals surface area contributed by atoms with Crippen LogP contribution in [0.3, 0.4) is 0 Å². The Morgan fingerprint density at radius 1 is 1.25 bits per heavy atom. The molecule has 0 spiro atoms. The lowest BCUT2D eigenvalue weighted by atomic mass is 9.96. The third-order valence-corrected chi connectivity index (χ3v) is 3.51. The number of hydrogen-bond acceptors (Lipinski definition) is 2. The van der Waals surface area contributed by atoms with Gasteiger partial charge in [0.2, 0.25) is 0 Å². The van der Waals surface area contributed by atoms with E-state index in [1.54, 1.807) is 22.9 Å². The van der Waals surface area contributed by atoms with Crippen molar-refractivity contribution in [3.63, 3.8) is 0 Å². The van der Waals surface area contributed by atoms with Crippen LogP contribution < -0.4 is 5.49 Å². The SMILES string of the molecule is CC=CC=CC(=O)n1ccccc1=NC1CCCCC1. The van der Waals surface area contributed by atoms with Crippen LogP contribution in [-0.2, 0) is 0 Å². The maximum absolute atomic E-state index is 12.2. The van der Waals surface area contributed by atoms with Gasteiger partial charge in [0.15, 0.2) is 0 Å². The third kappa shape index (κ3) is 4.05. The highest BCUT2D eigenvalue weighted by atomic mass is 16.1. The van der Waals surface area contributed by atoms with Crippen LogP contribution in [-0.4, -0.2) is 16.5 Å². The molecule has 1 saturated carbocycles. The molecule has 1 heterocycles. The number of pyridine rings is 1. The zero-order valence-corrected chi connectivity index (χ0v) is 12.0. The van der Waals surface area contributed by atoms with E-state index in [0.717, 1.165) is 18.3 Å². The number of hydrogen-bond donors (Lipinski definition) is 0. The molecule has 1 aliphatic carbocycles. The van der Waals surface area contributed by atoms with Crippen molar-refractivity contribution in [2.45, 2.75) is 45.1 Å². The molecule has 0 aliphatic heterocycles. The van der Waals surface area contributed by atoms with E-state index in [4.69, 9.17) is 4.99 Å². The second kappa shape index (κ2) is 7.63. The lowest BCUT2D eigenvalue weighted by Crippen LogP contribution is -2.27. The zero-order valence-electron chi connectivity index (χ0n) is 12.0. The van der Waals surface area contributed by atoms with E-state index in [1.165, 1.54) is 19.3 Å². The Balaban J connectivity index is 2.25. The molecule has 1 aliphatic rings. The van der Waals surface area contributed by atoms with Crippen molar-refractivity contribution in [1.82, 2.24) is 4.57 Å². The molecule has 0 saturated heterocycles. The van der Waals surface area contributed by atoms with Gasteiger partial charge in [0.1, 0.15) is 5.49 Å². The van der Waals surface area contributed by atoms with E-state index >= 15 is 0 Å². The molecule has 1 aromatic heterocycles. The highest BCUT2D eigenvalue weighted by molar-refractivity contribution is 5.89. The quantitative estimate of drug-likeness (QED) is 0.611. The Morgan fingerprint density at radius 2 is 2.05 bits per heavy atom. The monoisotopic (exact) mass is 270 g/mol. The fourth-order valence-electron chi connectivity index (χ4n) is 2.45. The summed E-state index contributed by atoms with van der Waals surface area (Å²) in [6.45, 7) is 1.92. The van der Waals surface area contributed by atoms with E-state index in [2.05, 4.69) is 0 Å². The van der Waals surface area contributed by atoms with Crippen molar-refractivity contribution in [2.24, 2.45) is 4.99 Å². The predicted molar refractivity (Wildman–Crippen MR) is 81.4 cm³/mol. The molecule has 3 heteroatoms. The normalized spacial score (nSPS) is 18.1. The second-order valence-electron chi connectivity index (χ2n) is 5.07. The Hall–Kier alpha value is -1.90. The summed E-state index contributed by atoms with van der Waals surface area (Å²) in [6.07, 6.45) is 14.9. The molecule has 0 N–H and O–H groups in total. The van der Waals surface area contributed by atoms with Gasteiger partial charge in [-0.2, -0.15) is 0 Å². The van der Waals surface area contributed by atoms with Crippen LogP contribution >= 0.6 is 0 Å². The Bertz CT molecular complexity index is 560. The zero-order chi connectivity index (χ0) is 14.2. The van der Waals surface area contributed by atoms with Crippen molar-refractivity contribution in [3.05, 3.63) is 54.2 Å². The fourth-order valence-corrected chi connectivity index (χ4v) is 2.45. The number of rotatable bonds is 3. The summed E-state index contributed by atoms with van der Waals surface area (Å²) < 4.78 is 1.62. The Kier molecular flexibility index (Phi) is 5.54. The molecule has 0 unspecified atom stereocenters. The minimum Gasteiger partial charge on any atom is -0.269 e. The number of carbonyl (C=O) groups excluding carboxylic acids is 1.